The van der Waals surface area contributed by atoms with E-state index in [1.54, 1.807) is 0 Å². The number of aryl methyl sites for hydroxylation is 2. The van der Waals surface area contributed by atoms with Gasteiger partial charge in [0.15, 0.2) is 0 Å². The number of nitrogens with one attached hydrogen (secondary N) is 1. The molecular formula is C12H18N2O3. The van der Waals surface area contributed by atoms with E-state index in [2.05, 4.69) is 10.5 Å². The smallest absolute Gasteiger partial charge is 0.223 e. The first-order valence-electron chi connectivity index (χ1n) is 5.95. The molecule has 0 unspecified atom stereocenters. The molecule has 0 aromatic carbocycles. The average molecular weight is 238 g/mol. The summed E-state index contributed by atoms with van der Waals surface area (Å²) in [5, 5.41) is 6.80. The van der Waals surface area contributed by atoms with Crippen molar-refractivity contribution >= 4 is 5.91 Å². The Morgan fingerprint density at radius 3 is 2.71 bits per heavy atom. The second-order valence-electron chi connectivity index (χ2n) is 4.41. The molecule has 17 heavy (non-hydrogen) atoms. The number of nitrogens with zero attached hydrogens (tertiary/aromatic N) is 1. The van der Waals surface area contributed by atoms with Crippen LogP contribution in [0.5, 0.6) is 0 Å². The number of hydrogen-bond acceptors (Lipinski definition) is 4. The molecule has 0 radical (unpaired) electrons. The largest absolute Gasteiger partial charge is 0.381 e. The standard InChI is InChI=1S/C12H18N2O3/c1-8-11(9(2)17-14-8)7-13-12(15)10-3-5-16-6-4-10/h10H,3-7H2,1-2H3,(H,13,15). The fourth-order valence-corrected chi connectivity index (χ4v) is 2.03. The first-order chi connectivity index (χ1) is 8.18. The van der Waals surface area contributed by atoms with Gasteiger partial charge in [-0.05, 0) is 26.7 Å². The molecule has 1 fully saturated rings. The van der Waals surface area contributed by atoms with Gasteiger partial charge >= 0.3 is 0 Å². The van der Waals surface area contributed by atoms with E-state index in [4.69, 9.17) is 9.26 Å². The van der Waals surface area contributed by atoms with Crippen molar-refractivity contribution in [3.63, 3.8) is 0 Å². The maximum absolute atomic E-state index is 11.9. The van der Waals surface area contributed by atoms with E-state index in [9.17, 15) is 4.79 Å². The molecule has 1 aromatic rings. The molecule has 1 aliphatic heterocycles. The Hall–Kier alpha value is -1.36. The van der Waals surface area contributed by atoms with Gasteiger partial charge < -0.3 is 14.6 Å². The molecular weight excluding hydrogens is 220 g/mol. The second-order valence-corrected chi connectivity index (χ2v) is 4.41. The lowest BCUT2D eigenvalue weighted by molar-refractivity contribution is -0.128. The summed E-state index contributed by atoms with van der Waals surface area (Å²) >= 11 is 0. The molecule has 1 N–H and O–H groups in total. The van der Waals surface area contributed by atoms with Crippen LogP contribution in [0, 0.1) is 19.8 Å². The molecule has 5 nitrogen and oxygen atoms in total. The zero-order chi connectivity index (χ0) is 12.3. The highest BCUT2D eigenvalue weighted by Crippen LogP contribution is 2.16. The van der Waals surface area contributed by atoms with E-state index < -0.39 is 0 Å². The number of hydrogen-bond donors (Lipinski definition) is 1. The third-order valence-corrected chi connectivity index (χ3v) is 3.21. The van der Waals surface area contributed by atoms with Gasteiger partial charge in [-0.25, -0.2) is 0 Å². The van der Waals surface area contributed by atoms with Crippen molar-refractivity contribution in [2.24, 2.45) is 5.92 Å². The van der Waals surface area contributed by atoms with E-state index in [-0.39, 0.29) is 11.8 Å². The minimum atomic E-state index is 0.0872. The van der Waals surface area contributed by atoms with Crippen LogP contribution in [0.1, 0.15) is 29.9 Å². The van der Waals surface area contributed by atoms with Crippen molar-refractivity contribution in [3.05, 3.63) is 17.0 Å². The summed E-state index contributed by atoms with van der Waals surface area (Å²) in [6, 6.07) is 0. The van der Waals surface area contributed by atoms with Crippen LogP contribution in [0.3, 0.4) is 0 Å². The predicted octanol–water partition coefficient (Wildman–Crippen LogP) is 1.33. The summed E-state index contributed by atoms with van der Waals surface area (Å²) in [4.78, 5) is 11.9. The van der Waals surface area contributed by atoms with Gasteiger partial charge in [-0.15, -0.1) is 0 Å². The molecule has 2 rings (SSSR count). The van der Waals surface area contributed by atoms with Crippen LogP contribution < -0.4 is 5.32 Å². The lowest BCUT2D eigenvalue weighted by Crippen LogP contribution is -2.34. The van der Waals surface area contributed by atoms with Crippen molar-refractivity contribution in [1.29, 1.82) is 0 Å². The van der Waals surface area contributed by atoms with E-state index in [1.807, 2.05) is 13.8 Å². The summed E-state index contributed by atoms with van der Waals surface area (Å²) in [7, 11) is 0. The SMILES string of the molecule is Cc1noc(C)c1CNC(=O)C1CCOCC1. The van der Waals surface area contributed by atoms with Gasteiger partial charge in [0.2, 0.25) is 5.91 Å². The molecule has 0 bridgehead atoms. The topological polar surface area (TPSA) is 64.4 Å². The maximum atomic E-state index is 11.9. The summed E-state index contributed by atoms with van der Waals surface area (Å²) in [6.45, 7) is 5.60. The Kier molecular flexibility index (Phi) is 3.78. The summed E-state index contributed by atoms with van der Waals surface area (Å²) in [6.07, 6.45) is 1.63. The van der Waals surface area contributed by atoms with E-state index in [0.717, 1.165) is 29.9 Å². The molecule has 1 amide bonds. The van der Waals surface area contributed by atoms with Crippen LogP contribution in [0.15, 0.2) is 4.52 Å². The third-order valence-electron chi connectivity index (χ3n) is 3.21. The molecule has 1 aliphatic rings. The molecule has 0 atom stereocenters. The minimum Gasteiger partial charge on any atom is -0.381 e. The molecule has 1 aromatic heterocycles. The van der Waals surface area contributed by atoms with Crippen molar-refractivity contribution in [2.75, 3.05) is 13.2 Å². The monoisotopic (exact) mass is 238 g/mol. The Morgan fingerprint density at radius 1 is 1.41 bits per heavy atom. The van der Waals surface area contributed by atoms with Crippen molar-refractivity contribution < 1.29 is 14.1 Å². The van der Waals surface area contributed by atoms with E-state index >= 15 is 0 Å². The van der Waals surface area contributed by atoms with Gasteiger partial charge in [0.1, 0.15) is 5.76 Å². The first kappa shape index (κ1) is 12.1. The number of amides is 1. The zero-order valence-corrected chi connectivity index (χ0v) is 10.3. The molecule has 0 spiro atoms. The van der Waals surface area contributed by atoms with Crippen LogP contribution >= 0.6 is 0 Å². The van der Waals surface area contributed by atoms with Crippen molar-refractivity contribution in [3.8, 4) is 0 Å². The van der Waals surface area contributed by atoms with Gasteiger partial charge in [-0.3, -0.25) is 4.79 Å². The lowest BCUT2D eigenvalue weighted by Gasteiger charge is -2.21. The number of carbonyl (C=O) groups is 1. The van der Waals surface area contributed by atoms with Gasteiger partial charge in [-0.2, -0.15) is 0 Å². The average Bonchev–Trinajstić information content (AvgIpc) is 2.67. The summed E-state index contributed by atoms with van der Waals surface area (Å²) in [5.74, 6) is 0.965. The first-order valence-corrected chi connectivity index (χ1v) is 5.95. The second kappa shape index (κ2) is 5.31. The highest BCUT2D eigenvalue weighted by atomic mass is 16.5. The number of ether oxygens (including phenoxy) is 1. The lowest BCUT2D eigenvalue weighted by atomic mass is 9.99. The summed E-state index contributed by atoms with van der Waals surface area (Å²) < 4.78 is 10.3. The zero-order valence-electron chi connectivity index (χ0n) is 10.3. The van der Waals surface area contributed by atoms with Gasteiger partial charge in [0.25, 0.3) is 0 Å². The highest BCUT2D eigenvalue weighted by molar-refractivity contribution is 5.78. The van der Waals surface area contributed by atoms with Gasteiger partial charge in [0, 0.05) is 31.2 Å². The van der Waals surface area contributed by atoms with Crippen LogP contribution in [-0.2, 0) is 16.1 Å². The fraction of sp³-hybridized carbons (Fsp3) is 0.667. The summed E-state index contributed by atoms with van der Waals surface area (Å²) in [5.41, 5.74) is 1.82. The molecule has 94 valence electrons. The maximum Gasteiger partial charge on any atom is 0.223 e. The van der Waals surface area contributed by atoms with Gasteiger partial charge in [-0.1, -0.05) is 5.16 Å². The Morgan fingerprint density at radius 2 is 2.12 bits per heavy atom. The number of aromatic nitrogens is 1. The van der Waals surface area contributed by atoms with E-state index in [1.165, 1.54) is 0 Å². The molecule has 2 heterocycles. The fourth-order valence-electron chi connectivity index (χ4n) is 2.03. The molecule has 0 aliphatic carbocycles. The minimum absolute atomic E-state index is 0.0872. The Bertz CT molecular complexity index is 375. The molecule has 5 heteroatoms. The normalized spacial score (nSPS) is 17.1. The molecule has 1 saturated heterocycles. The molecule has 0 saturated carbocycles. The predicted molar refractivity (Wildman–Crippen MR) is 61.4 cm³/mol. The van der Waals surface area contributed by atoms with Crippen LogP contribution in [0.2, 0.25) is 0 Å². The number of carbonyl (C=O) groups excluding carboxylic acids is 1. The Balaban J connectivity index is 1.87. The van der Waals surface area contributed by atoms with Gasteiger partial charge in [0.05, 0.1) is 5.69 Å². The number of rotatable bonds is 3. The van der Waals surface area contributed by atoms with Crippen LogP contribution in [0.4, 0.5) is 0 Å². The van der Waals surface area contributed by atoms with Crippen LogP contribution in [-0.4, -0.2) is 24.3 Å². The Labute approximate surface area is 101 Å². The van der Waals surface area contributed by atoms with Crippen LogP contribution in [0.25, 0.3) is 0 Å². The van der Waals surface area contributed by atoms with E-state index in [0.29, 0.717) is 19.8 Å². The van der Waals surface area contributed by atoms with Crippen molar-refractivity contribution in [1.82, 2.24) is 10.5 Å². The van der Waals surface area contributed by atoms with Crippen molar-refractivity contribution in [2.45, 2.75) is 33.2 Å². The highest BCUT2D eigenvalue weighted by Gasteiger charge is 2.21. The quantitative estimate of drug-likeness (QED) is 0.863. The third kappa shape index (κ3) is 2.85.